The zero-order chi connectivity index (χ0) is 15.5. The molecule has 1 aliphatic heterocycles. The fourth-order valence-electron chi connectivity index (χ4n) is 3.71. The van der Waals surface area contributed by atoms with Crippen LogP contribution in [0, 0.1) is 5.41 Å². The van der Waals surface area contributed by atoms with Gasteiger partial charge >= 0.3 is 0 Å². The van der Waals surface area contributed by atoms with Gasteiger partial charge in [-0.05, 0) is 19.3 Å². The highest BCUT2D eigenvalue weighted by molar-refractivity contribution is 5.85. The minimum absolute atomic E-state index is 0.0330. The third kappa shape index (κ3) is 3.31. The largest absolute Gasteiger partial charge is 0.409 e. The summed E-state index contributed by atoms with van der Waals surface area (Å²) in [6, 6.07) is -0.0330. The van der Waals surface area contributed by atoms with Gasteiger partial charge in [-0.2, -0.15) is 0 Å². The Kier molecular flexibility index (Phi) is 5.08. The highest BCUT2D eigenvalue weighted by atomic mass is 16.4. The van der Waals surface area contributed by atoms with Crippen molar-refractivity contribution in [2.45, 2.75) is 52.0 Å². The van der Waals surface area contributed by atoms with E-state index in [4.69, 9.17) is 10.9 Å². The van der Waals surface area contributed by atoms with Crippen molar-refractivity contribution >= 4 is 11.7 Å². The first kappa shape index (κ1) is 16.1. The van der Waals surface area contributed by atoms with E-state index in [0.29, 0.717) is 5.91 Å². The van der Waals surface area contributed by atoms with Crippen molar-refractivity contribution < 1.29 is 10.0 Å². The number of hydrogen-bond donors (Lipinski definition) is 2. The lowest BCUT2D eigenvalue weighted by atomic mass is 9.87. The van der Waals surface area contributed by atoms with Crippen LogP contribution in [0.15, 0.2) is 5.16 Å². The van der Waals surface area contributed by atoms with E-state index in [1.165, 1.54) is 12.8 Å². The average Bonchev–Trinajstić information content (AvgIpc) is 2.96. The van der Waals surface area contributed by atoms with Gasteiger partial charge < -0.3 is 15.8 Å². The van der Waals surface area contributed by atoms with Crippen LogP contribution in [0.3, 0.4) is 0 Å². The number of amides is 1. The normalized spacial score (nSPS) is 25.0. The van der Waals surface area contributed by atoms with E-state index >= 15 is 0 Å². The Morgan fingerprint density at radius 2 is 1.86 bits per heavy atom. The summed E-state index contributed by atoms with van der Waals surface area (Å²) in [5, 5.41) is 12.0. The van der Waals surface area contributed by atoms with Crippen molar-refractivity contribution in [3.63, 3.8) is 0 Å². The number of nitrogens with zero attached hydrogens (tertiary/aromatic N) is 3. The van der Waals surface area contributed by atoms with E-state index in [2.05, 4.69) is 17.0 Å². The topological polar surface area (TPSA) is 82.2 Å². The number of oxime groups is 1. The van der Waals surface area contributed by atoms with Crippen LogP contribution in [0.5, 0.6) is 0 Å². The lowest BCUT2D eigenvalue weighted by Crippen LogP contribution is -2.56. The molecule has 0 spiro atoms. The van der Waals surface area contributed by atoms with Gasteiger partial charge in [-0.25, -0.2) is 0 Å². The summed E-state index contributed by atoms with van der Waals surface area (Å²) in [5.74, 6) is 0.580. The van der Waals surface area contributed by atoms with E-state index in [9.17, 15) is 4.79 Å². The number of hydrogen-bond acceptors (Lipinski definition) is 4. The molecule has 1 saturated heterocycles. The summed E-state index contributed by atoms with van der Waals surface area (Å²) in [6.45, 7) is 7.19. The van der Waals surface area contributed by atoms with E-state index < -0.39 is 0 Å². The number of carbonyl (C=O) groups is 1. The summed E-state index contributed by atoms with van der Waals surface area (Å²) in [7, 11) is 0. The predicted octanol–water partition coefficient (Wildman–Crippen LogP) is 1.24. The minimum atomic E-state index is -0.141. The Bertz CT molecular complexity index is 396. The minimum Gasteiger partial charge on any atom is -0.409 e. The van der Waals surface area contributed by atoms with Crippen LogP contribution in [0.25, 0.3) is 0 Å². The lowest BCUT2D eigenvalue weighted by molar-refractivity contribution is -0.143. The molecule has 0 aromatic rings. The van der Waals surface area contributed by atoms with Crippen molar-refractivity contribution in [2.24, 2.45) is 16.3 Å². The van der Waals surface area contributed by atoms with Crippen LogP contribution in [0.1, 0.15) is 46.0 Å². The highest BCUT2D eigenvalue weighted by Gasteiger charge is 2.40. The van der Waals surface area contributed by atoms with Gasteiger partial charge in [0.25, 0.3) is 0 Å². The second kappa shape index (κ2) is 6.64. The summed E-state index contributed by atoms with van der Waals surface area (Å²) in [5.41, 5.74) is 5.61. The number of piperazine rings is 1. The molecule has 1 amide bonds. The first-order valence-corrected chi connectivity index (χ1v) is 8.02. The lowest BCUT2D eigenvalue weighted by Gasteiger charge is -2.41. The molecule has 0 radical (unpaired) electrons. The molecular weight excluding hydrogens is 268 g/mol. The quantitative estimate of drug-likeness (QED) is 0.354. The standard InChI is InChI=1S/C15H28N4O2/c1-3-12(13(16)17-21)18-8-10-19(11-9-18)14(20)15(2)6-4-5-7-15/h12,21H,3-11H2,1-2H3,(H2,16,17). The molecule has 1 atom stereocenters. The molecule has 1 heterocycles. The second-order valence-corrected chi connectivity index (χ2v) is 6.54. The smallest absolute Gasteiger partial charge is 0.228 e. The Hall–Kier alpha value is -1.30. The van der Waals surface area contributed by atoms with Gasteiger partial charge in [0, 0.05) is 31.6 Å². The summed E-state index contributed by atoms with van der Waals surface area (Å²) in [6.07, 6.45) is 5.19. The van der Waals surface area contributed by atoms with Gasteiger partial charge in [-0.1, -0.05) is 31.8 Å². The molecule has 1 unspecified atom stereocenters. The number of carbonyl (C=O) groups excluding carboxylic acids is 1. The molecule has 0 aromatic carbocycles. The molecule has 120 valence electrons. The molecule has 21 heavy (non-hydrogen) atoms. The fourth-order valence-corrected chi connectivity index (χ4v) is 3.71. The molecule has 2 rings (SSSR count). The van der Waals surface area contributed by atoms with Crippen LogP contribution in [0.2, 0.25) is 0 Å². The molecule has 2 fully saturated rings. The molecule has 3 N–H and O–H groups in total. The van der Waals surface area contributed by atoms with Crippen LogP contribution in [-0.2, 0) is 4.79 Å². The molecule has 1 aliphatic carbocycles. The van der Waals surface area contributed by atoms with E-state index in [1.807, 2.05) is 11.8 Å². The monoisotopic (exact) mass is 296 g/mol. The van der Waals surface area contributed by atoms with E-state index in [1.54, 1.807) is 0 Å². The van der Waals surface area contributed by atoms with Crippen LogP contribution < -0.4 is 5.73 Å². The second-order valence-electron chi connectivity index (χ2n) is 6.54. The highest BCUT2D eigenvalue weighted by Crippen LogP contribution is 2.39. The van der Waals surface area contributed by atoms with Gasteiger partial charge in [-0.15, -0.1) is 0 Å². The molecular formula is C15H28N4O2. The maximum Gasteiger partial charge on any atom is 0.228 e. The van der Waals surface area contributed by atoms with Crippen LogP contribution in [-0.4, -0.2) is 59.0 Å². The first-order valence-electron chi connectivity index (χ1n) is 8.02. The molecule has 6 heteroatoms. The summed E-state index contributed by atoms with van der Waals surface area (Å²) >= 11 is 0. The summed E-state index contributed by atoms with van der Waals surface area (Å²) in [4.78, 5) is 16.9. The van der Waals surface area contributed by atoms with Gasteiger partial charge in [0.05, 0.1) is 6.04 Å². The predicted molar refractivity (Wildman–Crippen MR) is 82.2 cm³/mol. The number of amidine groups is 1. The molecule has 6 nitrogen and oxygen atoms in total. The first-order chi connectivity index (χ1) is 10.0. The Morgan fingerprint density at radius 3 is 2.33 bits per heavy atom. The summed E-state index contributed by atoms with van der Waals surface area (Å²) < 4.78 is 0. The van der Waals surface area contributed by atoms with Crippen LogP contribution in [0.4, 0.5) is 0 Å². The van der Waals surface area contributed by atoms with Gasteiger partial charge in [0.2, 0.25) is 5.91 Å². The SMILES string of the molecule is CCC(C(N)=NO)N1CCN(C(=O)C2(C)CCCC2)CC1. The third-order valence-electron chi connectivity index (χ3n) is 5.11. The van der Waals surface area contributed by atoms with Crippen molar-refractivity contribution in [3.05, 3.63) is 0 Å². The fraction of sp³-hybridized carbons (Fsp3) is 0.867. The van der Waals surface area contributed by atoms with Gasteiger partial charge in [0.15, 0.2) is 5.84 Å². The maximum absolute atomic E-state index is 12.7. The number of rotatable bonds is 4. The Labute approximate surface area is 127 Å². The van der Waals surface area contributed by atoms with Gasteiger partial charge in [-0.3, -0.25) is 9.69 Å². The molecule has 2 aliphatic rings. The van der Waals surface area contributed by atoms with Crippen molar-refractivity contribution in [1.29, 1.82) is 0 Å². The van der Waals surface area contributed by atoms with Crippen molar-refractivity contribution in [2.75, 3.05) is 26.2 Å². The molecule has 0 aromatic heterocycles. The van der Waals surface area contributed by atoms with E-state index in [-0.39, 0.29) is 17.3 Å². The molecule has 1 saturated carbocycles. The number of nitrogens with two attached hydrogens (primary N) is 1. The third-order valence-corrected chi connectivity index (χ3v) is 5.11. The van der Waals surface area contributed by atoms with Gasteiger partial charge in [0.1, 0.15) is 0 Å². The van der Waals surface area contributed by atoms with E-state index in [0.717, 1.165) is 45.4 Å². The maximum atomic E-state index is 12.7. The Morgan fingerprint density at radius 1 is 1.29 bits per heavy atom. The van der Waals surface area contributed by atoms with Crippen LogP contribution >= 0.6 is 0 Å². The van der Waals surface area contributed by atoms with Crippen molar-refractivity contribution in [3.8, 4) is 0 Å². The zero-order valence-corrected chi connectivity index (χ0v) is 13.2. The average molecular weight is 296 g/mol. The van der Waals surface area contributed by atoms with Crippen molar-refractivity contribution in [1.82, 2.24) is 9.80 Å². The molecule has 0 bridgehead atoms. The zero-order valence-electron chi connectivity index (χ0n) is 13.2. The Balaban J connectivity index is 1.92.